The molecule has 1 heterocycles. The SMILES string of the molecule is Cc1ccc(COc2cccc(/C=N/NC(=O)c3ccncc3)c2)cc1. The lowest BCUT2D eigenvalue weighted by Gasteiger charge is -2.07. The van der Waals surface area contributed by atoms with Gasteiger partial charge in [-0.05, 0) is 42.3 Å². The van der Waals surface area contributed by atoms with Crippen molar-refractivity contribution in [1.29, 1.82) is 0 Å². The maximum absolute atomic E-state index is 11.9. The molecule has 0 aliphatic heterocycles. The first kappa shape index (κ1) is 17.4. The lowest BCUT2D eigenvalue weighted by molar-refractivity contribution is 0.0955. The van der Waals surface area contributed by atoms with Crippen molar-refractivity contribution in [1.82, 2.24) is 10.4 Å². The molecule has 3 rings (SSSR count). The van der Waals surface area contributed by atoms with Gasteiger partial charge in [-0.1, -0.05) is 42.0 Å². The number of aromatic nitrogens is 1. The summed E-state index contributed by atoms with van der Waals surface area (Å²) in [5.74, 6) is 0.463. The molecule has 1 amide bonds. The maximum atomic E-state index is 11.9. The van der Waals surface area contributed by atoms with E-state index >= 15 is 0 Å². The van der Waals surface area contributed by atoms with Gasteiger partial charge in [-0.15, -0.1) is 0 Å². The Balaban J connectivity index is 1.56. The summed E-state index contributed by atoms with van der Waals surface area (Å²) in [7, 11) is 0. The van der Waals surface area contributed by atoms with Gasteiger partial charge >= 0.3 is 0 Å². The van der Waals surface area contributed by atoms with Crippen molar-refractivity contribution < 1.29 is 9.53 Å². The molecule has 5 nitrogen and oxygen atoms in total. The van der Waals surface area contributed by atoms with Gasteiger partial charge in [-0.25, -0.2) is 5.43 Å². The Hall–Kier alpha value is -3.47. The monoisotopic (exact) mass is 345 g/mol. The van der Waals surface area contributed by atoms with E-state index in [0.29, 0.717) is 12.2 Å². The lowest BCUT2D eigenvalue weighted by Crippen LogP contribution is -2.17. The molecule has 5 heteroatoms. The molecule has 1 aromatic heterocycles. The fourth-order valence-corrected chi connectivity index (χ4v) is 2.27. The highest BCUT2D eigenvalue weighted by molar-refractivity contribution is 5.94. The molecule has 0 spiro atoms. The van der Waals surface area contributed by atoms with Crippen molar-refractivity contribution in [3.05, 3.63) is 95.3 Å². The summed E-state index contributed by atoms with van der Waals surface area (Å²) in [5, 5.41) is 3.99. The number of hydrogen-bond acceptors (Lipinski definition) is 4. The molecule has 0 radical (unpaired) electrons. The average Bonchev–Trinajstić information content (AvgIpc) is 2.68. The van der Waals surface area contributed by atoms with Gasteiger partial charge in [0.2, 0.25) is 0 Å². The maximum Gasteiger partial charge on any atom is 0.271 e. The highest BCUT2D eigenvalue weighted by Crippen LogP contribution is 2.14. The molecule has 0 aliphatic rings. The number of hydrazone groups is 1. The average molecular weight is 345 g/mol. The number of hydrogen-bond donors (Lipinski definition) is 1. The molecule has 0 atom stereocenters. The van der Waals surface area contributed by atoms with E-state index < -0.39 is 0 Å². The normalized spacial score (nSPS) is 10.7. The number of nitrogens with one attached hydrogen (secondary N) is 1. The van der Waals surface area contributed by atoms with Crippen molar-refractivity contribution in [2.24, 2.45) is 5.10 Å². The number of carbonyl (C=O) groups excluding carboxylic acids is 1. The van der Waals surface area contributed by atoms with Gasteiger partial charge in [0.15, 0.2) is 0 Å². The Bertz CT molecular complexity index is 891. The second kappa shape index (κ2) is 8.58. The van der Waals surface area contributed by atoms with Crippen molar-refractivity contribution in [3.8, 4) is 5.75 Å². The summed E-state index contributed by atoms with van der Waals surface area (Å²) >= 11 is 0. The number of ether oxygens (including phenoxy) is 1. The second-order valence-corrected chi connectivity index (χ2v) is 5.78. The Morgan fingerprint density at radius 3 is 2.65 bits per heavy atom. The highest BCUT2D eigenvalue weighted by atomic mass is 16.5. The van der Waals surface area contributed by atoms with Gasteiger partial charge in [-0.3, -0.25) is 9.78 Å². The molecule has 0 saturated carbocycles. The first-order valence-electron chi connectivity index (χ1n) is 8.22. The van der Waals surface area contributed by atoms with Crippen LogP contribution in [0, 0.1) is 6.92 Å². The van der Waals surface area contributed by atoms with Crippen molar-refractivity contribution >= 4 is 12.1 Å². The number of benzene rings is 2. The third-order valence-electron chi connectivity index (χ3n) is 3.71. The molecule has 0 aliphatic carbocycles. The van der Waals surface area contributed by atoms with E-state index in [1.165, 1.54) is 5.56 Å². The largest absolute Gasteiger partial charge is 0.489 e. The van der Waals surface area contributed by atoms with Crippen LogP contribution >= 0.6 is 0 Å². The predicted octanol–water partition coefficient (Wildman–Crippen LogP) is 3.73. The smallest absolute Gasteiger partial charge is 0.271 e. The molecule has 130 valence electrons. The van der Waals surface area contributed by atoms with E-state index in [2.05, 4.69) is 46.7 Å². The second-order valence-electron chi connectivity index (χ2n) is 5.78. The van der Waals surface area contributed by atoms with Gasteiger partial charge in [0.25, 0.3) is 5.91 Å². The van der Waals surface area contributed by atoms with Crippen LogP contribution in [0.25, 0.3) is 0 Å². The van der Waals surface area contributed by atoms with E-state index in [9.17, 15) is 4.79 Å². The van der Waals surface area contributed by atoms with Gasteiger partial charge in [0.05, 0.1) is 6.21 Å². The van der Waals surface area contributed by atoms with E-state index in [0.717, 1.165) is 16.9 Å². The van der Waals surface area contributed by atoms with E-state index in [4.69, 9.17) is 4.74 Å². The summed E-state index contributed by atoms with van der Waals surface area (Å²) in [6.45, 7) is 2.56. The standard InChI is InChI=1S/C21H19N3O2/c1-16-5-7-17(8-6-16)15-26-20-4-2-3-18(13-20)14-23-24-21(25)19-9-11-22-12-10-19/h2-14H,15H2,1H3,(H,24,25)/b23-14+. The summed E-state index contributed by atoms with van der Waals surface area (Å²) < 4.78 is 5.81. The number of nitrogens with zero attached hydrogens (tertiary/aromatic N) is 2. The predicted molar refractivity (Wildman–Crippen MR) is 101 cm³/mol. The van der Waals surface area contributed by atoms with Crippen LogP contribution in [0.2, 0.25) is 0 Å². The Labute approximate surface area is 152 Å². The van der Waals surface area contributed by atoms with Gasteiger partial charge < -0.3 is 4.74 Å². The van der Waals surface area contributed by atoms with Gasteiger partial charge in [-0.2, -0.15) is 5.10 Å². The van der Waals surface area contributed by atoms with Crippen LogP contribution in [0.1, 0.15) is 27.0 Å². The van der Waals surface area contributed by atoms with Crippen LogP contribution in [0.4, 0.5) is 0 Å². The minimum Gasteiger partial charge on any atom is -0.489 e. The molecule has 0 bridgehead atoms. The molecule has 0 saturated heterocycles. The molecule has 0 unspecified atom stereocenters. The third-order valence-corrected chi connectivity index (χ3v) is 3.71. The van der Waals surface area contributed by atoms with E-state index in [1.54, 1.807) is 30.7 Å². The molecule has 0 fully saturated rings. The lowest BCUT2D eigenvalue weighted by atomic mass is 10.2. The fraction of sp³-hybridized carbons (Fsp3) is 0.0952. The zero-order valence-corrected chi connectivity index (χ0v) is 14.4. The zero-order chi connectivity index (χ0) is 18.2. The Morgan fingerprint density at radius 1 is 1.12 bits per heavy atom. The first-order valence-corrected chi connectivity index (χ1v) is 8.22. The molecule has 3 aromatic rings. The molecule has 1 N–H and O–H groups in total. The molecule has 2 aromatic carbocycles. The quantitative estimate of drug-likeness (QED) is 0.547. The summed E-state index contributed by atoms with van der Waals surface area (Å²) in [4.78, 5) is 15.8. The van der Waals surface area contributed by atoms with Crippen LogP contribution in [0.15, 0.2) is 78.2 Å². The Morgan fingerprint density at radius 2 is 1.88 bits per heavy atom. The summed E-state index contributed by atoms with van der Waals surface area (Å²) in [6.07, 6.45) is 4.71. The molecule has 26 heavy (non-hydrogen) atoms. The topological polar surface area (TPSA) is 63.6 Å². The fourth-order valence-electron chi connectivity index (χ4n) is 2.27. The van der Waals surface area contributed by atoms with Crippen LogP contribution in [0.3, 0.4) is 0 Å². The highest BCUT2D eigenvalue weighted by Gasteiger charge is 2.02. The number of rotatable bonds is 6. The van der Waals surface area contributed by atoms with Crippen LogP contribution in [-0.2, 0) is 6.61 Å². The van der Waals surface area contributed by atoms with E-state index in [-0.39, 0.29) is 5.91 Å². The van der Waals surface area contributed by atoms with Crippen LogP contribution in [-0.4, -0.2) is 17.1 Å². The third kappa shape index (κ3) is 5.01. The number of carbonyl (C=O) groups is 1. The number of aryl methyl sites for hydroxylation is 1. The van der Waals surface area contributed by atoms with Gasteiger partial charge in [0, 0.05) is 18.0 Å². The minimum absolute atomic E-state index is 0.282. The van der Waals surface area contributed by atoms with Crippen molar-refractivity contribution in [3.63, 3.8) is 0 Å². The van der Waals surface area contributed by atoms with Gasteiger partial charge in [0.1, 0.15) is 12.4 Å². The minimum atomic E-state index is -0.282. The zero-order valence-electron chi connectivity index (χ0n) is 14.4. The Kier molecular flexibility index (Phi) is 5.72. The van der Waals surface area contributed by atoms with Crippen molar-refractivity contribution in [2.75, 3.05) is 0 Å². The summed E-state index contributed by atoms with van der Waals surface area (Å²) in [6, 6.07) is 19.0. The van der Waals surface area contributed by atoms with Crippen molar-refractivity contribution in [2.45, 2.75) is 13.5 Å². The molecular weight excluding hydrogens is 326 g/mol. The number of amides is 1. The first-order chi connectivity index (χ1) is 12.7. The molecular formula is C21H19N3O2. The van der Waals surface area contributed by atoms with E-state index in [1.807, 2.05) is 24.3 Å². The van der Waals surface area contributed by atoms with Crippen LogP contribution < -0.4 is 10.2 Å². The van der Waals surface area contributed by atoms with Crippen LogP contribution in [0.5, 0.6) is 5.75 Å². The number of pyridine rings is 1. The summed E-state index contributed by atoms with van der Waals surface area (Å²) in [5.41, 5.74) is 6.17.